The van der Waals surface area contributed by atoms with E-state index in [1.165, 1.54) is 0 Å². The molecular formula is C20H24N2O3. The van der Waals surface area contributed by atoms with Gasteiger partial charge in [0.1, 0.15) is 11.3 Å². The molecule has 25 heavy (non-hydrogen) atoms. The summed E-state index contributed by atoms with van der Waals surface area (Å²) in [6.45, 7) is 2.52. The van der Waals surface area contributed by atoms with E-state index < -0.39 is 0 Å². The van der Waals surface area contributed by atoms with Gasteiger partial charge in [-0.15, -0.1) is 0 Å². The molecule has 1 aliphatic carbocycles. The molecular weight excluding hydrogens is 316 g/mol. The highest BCUT2D eigenvalue weighted by Gasteiger charge is 2.33. The fourth-order valence-electron chi connectivity index (χ4n) is 3.81. The van der Waals surface area contributed by atoms with Crippen molar-refractivity contribution < 1.29 is 9.21 Å². The molecule has 1 saturated heterocycles. The number of amides is 1. The Bertz CT molecular complexity index is 818. The van der Waals surface area contributed by atoms with Gasteiger partial charge >= 0.3 is 0 Å². The van der Waals surface area contributed by atoms with Crippen LogP contribution in [0.3, 0.4) is 0 Å². The summed E-state index contributed by atoms with van der Waals surface area (Å²) >= 11 is 0. The van der Waals surface area contributed by atoms with Crippen LogP contribution >= 0.6 is 0 Å². The summed E-state index contributed by atoms with van der Waals surface area (Å²) in [6.07, 6.45) is 9.53. The van der Waals surface area contributed by atoms with E-state index in [1.54, 1.807) is 10.8 Å². The smallest absolute Gasteiger partial charge is 0.263 e. The Labute approximate surface area is 147 Å². The molecule has 0 spiro atoms. The molecule has 0 aromatic carbocycles. The van der Waals surface area contributed by atoms with Gasteiger partial charge in [0.25, 0.3) is 11.5 Å². The third-order valence-corrected chi connectivity index (χ3v) is 5.37. The van der Waals surface area contributed by atoms with E-state index in [0.29, 0.717) is 12.1 Å². The Hall–Kier alpha value is -2.30. The van der Waals surface area contributed by atoms with Crippen LogP contribution in [-0.4, -0.2) is 21.9 Å². The molecule has 0 N–H and O–H groups in total. The average Bonchev–Trinajstić information content (AvgIpc) is 3.35. The summed E-state index contributed by atoms with van der Waals surface area (Å²) in [7, 11) is 0. The molecule has 5 heteroatoms. The summed E-state index contributed by atoms with van der Waals surface area (Å²) in [5.74, 6) is 0.659. The van der Waals surface area contributed by atoms with Crippen LogP contribution in [0, 0.1) is 6.92 Å². The highest BCUT2D eigenvalue weighted by molar-refractivity contribution is 5.95. The number of carbonyl (C=O) groups excluding carboxylic acids is 1. The number of furan rings is 1. The van der Waals surface area contributed by atoms with E-state index in [2.05, 4.69) is 0 Å². The maximum atomic E-state index is 13.4. The second-order valence-electron chi connectivity index (χ2n) is 7.20. The quantitative estimate of drug-likeness (QED) is 0.853. The highest BCUT2D eigenvalue weighted by Crippen LogP contribution is 2.34. The maximum Gasteiger partial charge on any atom is 0.263 e. The van der Waals surface area contributed by atoms with Crippen LogP contribution in [0.25, 0.3) is 0 Å². The van der Waals surface area contributed by atoms with E-state index in [0.717, 1.165) is 49.8 Å². The molecule has 3 heterocycles. The first-order chi connectivity index (χ1) is 12.2. The van der Waals surface area contributed by atoms with Gasteiger partial charge in [0.05, 0.1) is 12.3 Å². The molecule has 2 aliphatic rings. The Balaban J connectivity index is 1.73. The first kappa shape index (κ1) is 16.2. The molecule has 1 aliphatic heterocycles. The van der Waals surface area contributed by atoms with Crippen LogP contribution in [0.4, 0.5) is 0 Å². The topological polar surface area (TPSA) is 55.5 Å². The average molecular weight is 340 g/mol. The van der Waals surface area contributed by atoms with Crippen LogP contribution < -0.4 is 5.56 Å². The lowest BCUT2D eigenvalue weighted by molar-refractivity contribution is 0.0655. The van der Waals surface area contributed by atoms with Crippen molar-refractivity contribution in [3.05, 3.63) is 57.9 Å². The molecule has 2 fully saturated rings. The minimum Gasteiger partial charge on any atom is -0.467 e. The Morgan fingerprint density at radius 3 is 2.72 bits per heavy atom. The number of aromatic nitrogens is 1. The standard InChI is InChI=1S/C20H24N2O3/c1-14-10-12-21(15-8-9-15)19(23)18(14)20(24)22-11-4-2-3-6-16(22)17-7-5-13-25-17/h5,7,10,12-13,15-16H,2-4,6,8-9,11H2,1H3. The van der Waals surface area contributed by atoms with Gasteiger partial charge in [-0.05, 0) is 56.4 Å². The SMILES string of the molecule is Cc1ccn(C2CC2)c(=O)c1C(=O)N1CCCCCC1c1ccco1. The lowest BCUT2D eigenvalue weighted by Crippen LogP contribution is -2.39. The van der Waals surface area contributed by atoms with Gasteiger partial charge < -0.3 is 13.9 Å². The molecule has 0 bridgehead atoms. The van der Waals surface area contributed by atoms with Gasteiger partial charge in [0.2, 0.25) is 0 Å². The van der Waals surface area contributed by atoms with Crippen LogP contribution in [0.15, 0.2) is 39.9 Å². The van der Waals surface area contributed by atoms with Crippen molar-refractivity contribution >= 4 is 5.91 Å². The van der Waals surface area contributed by atoms with Gasteiger partial charge in [-0.25, -0.2) is 0 Å². The molecule has 1 saturated carbocycles. The number of aryl methyl sites for hydroxylation is 1. The van der Waals surface area contributed by atoms with Crippen LogP contribution in [0.5, 0.6) is 0 Å². The normalized spacial score (nSPS) is 21.2. The molecule has 1 amide bonds. The van der Waals surface area contributed by atoms with Crippen molar-refractivity contribution in [2.75, 3.05) is 6.54 Å². The van der Waals surface area contributed by atoms with E-state index in [-0.39, 0.29) is 23.6 Å². The second kappa shape index (κ2) is 6.54. The van der Waals surface area contributed by atoms with E-state index in [4.69, 9.17) is 4.42 Å². The number of pyridine rings is 1. The molecule has 4 rings (SSSR count). The van der Waals surface area contributed by atoms with E-state index >= 15 is 0 Å². The summed E-state index contributed by atoms with van der Waals surface area (Å²) in [5, 5.41) is 0. The molecule has 1 atom stereocenters. The van der Waals surface area contributed by atoms with Crippen molar-refractivity contribution in [3.63, 3.8) is 0 Å². The van der Waals surface area contributed by atoms with Crippen LogP contribution in [0.1, 0.15) is 72.3 Å². The monoisotopic (exact) mass is 340 g/mol. The van der Waals surface area contributed by atoms with Crippen LogP contribution in [0.2, 0.25) is 0 Å². The lowest BCUT2D eigenvalue weighted by atomic mass is 10.0. The first-order valence-electron chi connectivity index (χ1n) is 9.23. The fraction of sp³-hybridized carbons (Fsp3) is 0.500. The molecule has 132 valence electrons. The molecule has 5 nitrogen and oxygen atoms in total. The minimum atomic E-state index is -0.152. The number of rotatable bonds is 3. The molecule has 2 aromatic rings. The molecule has 1 unspecified atom stereocenters. The Kier molecular flexibility index (Phi) is 4.24. The van der Waals surface area contributed by atoms with Gasteiger partial charge in [0, 0.05) is 18.8 Å². The molecule has 2 aromatic heterocycles. The van der Waals surface area contributed by atoms with E-state index in [9.17, 15) is 9.59 Å². The predicted octanol–water partition coefficient (Wildman–Crippen LogP) is 3.84. The van der Waals surface area contributed by atoms with Crippen LogP contribution in [-0.2, 0) is 0 Å². The summed E-state index contributed by atoms with van der Waals surface area (Å²) in [6, 6.07) is 5.86. The second-order valence-corrected chi connectivity index (χ2v) is 7.20. The van der Waals surface area contributed by atoms with Gasteiger partial charge in [0.15, 0.2) is 0 Å². The van der Waals surface area contributed by atoms with Crippen molar-refractivity contribution in [3.8, 4) is 0 Å². The molecule has 0 radical (unpaired) electrons. The lowest BCUT2D eigenvalue weighted by Gasteiger charge is -2.29. The number of nitrogens with zero attached hydrogens (tertiary/aromatic N) is 2. The predicted molar refractivity (Wildman–Crippen MR) is 94.7 cm³/mol. The van der Waals surface area contributed by atoms with Gasteiger partial charge in [-0.3, -0.25) is 9.59 Å². The minimum absolute atomic E-state index is 0.0848. The largest absolute Gasteiger partial charge is 0.467 e. The van der Waals surface area contributed by atoms with Gasteiger partial charge in [-0.1, -0.05) is 12.8 Å². The highest BCUT2D eigenvalue weighted by atomic mass is 16.3. The summed E-state index contributed by atoms with van der Waals surface area (Å²) < 4.78 is 7.34. The zero-order valence-corrected chi connectivity index (χ0v) is 14.6. The zero-order valence-electron chi connectivity index (χ0n) is 14.6. The zero-order chi connectivity index (χ0) is 17.4. The van der Waals surface area contributed by atoms with E-state index in [1.807, 2.05) is 36.2 Å². The first-order valence-corrected chi connectivity index (χ1v) is 9.23. The van der Waals surface area contributed by atoms with Crippen molar-refractivity contribution in [1.29, 1.82) is 0 Å². The Morgan fingerprint density at radius 1 is 1.16 bits per heavy atom. The summed E-state index contributed by atoms with van der Waals surface area (Å²) in [5.41, 5.74) is 0.942. The van der Waals surface area contributed by atoms with Gasteiger partial charge in [-0.2, -0.15) is 0 Å². The number of likely N-dealkylation sites (tertiary alicyclic amines) is 1. The summed E-state index contributed by atoms with van der Waals surface area (Å²) in [4.78, 5) is 28.1. The maximum absolute atomic E-state index is 13.4. The number of hydrogen-bond acceptors (Lipinski definition) is 3. The van der Waals surface area contributed by atoms with Crippen molar-refractivity contribution in [2.24, 2.45) is 0 Å². The van der Waals surface area contributed by atoms with Crippen molar-refractivity contribution in [2.45, 2.75) is 57.5 Å². The number of hydrogen-bond donors (Lipinski definition) is 0. The van der Waals surface area contributed by atoms with Crippen molar-refractivity contribution in [1.82, 2.24) is 9.47 Å². The third-order valence-electron chi connectivity index (χ3n) is 5.37. The number of carbonyl (C=O) groups is 1. The fourth-order valence-corrected chi connectivity index (χ4v) is 3.81. The third kappa shape index (κ3) is 3.03. The Morgan fingerprint density at radius 2 is 2.00 bits per heavy atom.